The molecule has 21 heavy (non-hydrogen) atoms. The SMILES string of the molecule is Clc1ccc(NC2CCN(Cc3ccccc3)C2)c(I)c1. The lowest BCUT2D eigenvalue weighted by Gasteiger charge is -2.18. The van der Waals surface area contributed by atoms with Crippen LogP contribution in [0, 0.1) is 3.57 Å². The molecule has 2 aromatic carbocycles. The summed E-state index contributed by atoms with van der Waals surface area (Å²) in [6.45, 7) is 3.28. The summed E-state index contributed by atoms with van der Waals surface area (Å²) in [5.41, 5.74) is 2.57. The first kappa shape index (κ1) is 15.1. The lowest BCUT2D eigenvalue weighted by molar-refractivity contribution is 0.328. The second-order valence-electron chi connectivity index (χ2n) is 5.47. The zero-order valence-electron chi connectivity index (χ0n) is 11.7. The quantitative estimate of drug-likeness (QED) is 0.737. The van der Waals surface area contributed by atoms with Gasteiger partial charge in [-0.05, 0) is 52.8 Å². The number of nitrogens with zero attached hydrogens (tertiary/aromatic N) is 1. The maximum absolute atomic E-state index is 6.01. The number of nitrogens with one attached hydrogen (secondary N) is 1. The molecule has 4 heteroatoms. The zero-order valence-corrected chi connectivity index (χ0v) is 14.6. The largest absolute Gasteiger partial charge is 0.380 e. The first-order chi connectivity index (χ1) is 10.2. The molecule has 0 bridgehead atoms. The number of halogens is 2. The molecule has 0 aromatic heterocycles. The Morgan fingerprint density at radius 3 is 2.76 bits per heavy atom. The number of benzene rings is 2. The third kappa shape index (κ3) is 4.11. The number of likely N-dealkylation sites (tertiary alicyclic amines) is 1. The Kier molecular flexibility index (Phi) is 5.03. The summed E-state index contributed by atoms with van der Waals surface area (Å²) in [5.74, 6) is 0. The predicted octanol–water partition coefficient (Wildman–Crippen LogP) is 4.63. The lowest BCUT2D eigenvalue weighted by Crippen LogP contribution is -2.26. The summed E-state index contributed by atoms with van der Waals surface area (Å²) in [6.07, 6.45) is 1.19. The Hall–Kier alpha value is -0.780. The molecular weight excluding hydrogens is 395 g/mol. The molecule has 1 saturated heterocycles. The molecule has 1 heterocycles. The van der Waals surface area contributed by atoms with E-state index < -0.39 is 0 Å². The molecule has 1 fully saturated rings. The first-order valence-electron chi connectivity index (χ1n) is 7.18. The van der Waals surface area contributed by atoms with E-state index in [0.717, 1.165) is 24.7 Å². The maximum Gasteiger partial charge on any atom is 0.0479 e. The van der Waals surface area contributed by atoms with Gasteiger partial charge in [-0.25, -0.2) is 0 Å². The van der Waals surface area contributed by atoms with Crippen LogP contribution in [0.15, 0.2) is 48.5 Å². The third-order valence-electron chi connectivity index (χ3n) is 3.81. The molecule has 2 aromatic rings. The molecule has 1 unspecified atom stereocenters. The molecule has 1 aliphatic heterocycles. The van der Waals surface area contributed by atoms with Gasteiger partial charge in [-0.3, -0.25) is 4.90 Å². The van der Waals surface area contributed by atoms with Gasteiger partial charge in [-0.1, -0.05) is 41.9 Å². The zero-order chi connectivity index (χ0) is 14.7. The summed E-state index contributed by atoms with van der Waals surface area (Å²) < 4.78 is 1.18. The van der Waals surface area contributed by atoms with Crippen molar-refractivity contribution < 1.29 is 0 Å². The summed E-state index contributed by atoms with van der Waals surface area (Å²) >= 11 is 8.34. The number of hydrogen-bond donors (Lipinski definition) is 1. The summed E-state index contributed by atoms with van der Waals surface area (Å²) in [5, 5.41) is 4.44. The number of anilines is 1. The van der Waals surface area contributed by atoms with Gasteiger partial charge >= 0.3 is 0 Å². The van der Waals surface area contributed by atoms with Crippen LogP contribution in [0.2, 0.25) is 5.02 Å². The van der Waals surface area contributed by atoms with Gasteiger partial charge in [0.2, 0.25) is 0 Å². The van der Waals surface area contributed by atoms with Crippen LogP contribution in [-0.2, 0) is 6.54 Å². The highest BCUT2D eigenvalue weighted by Gasteiger charge is 2.22. The molecule has 2 nitrogen and oxygen atoms in total. The highest BCUT2D eigenvalue weighted by Crippen LogP contribution is 2.25. The van der Waals surface area contributed by atoms with E-state index >= 15 is 0 Å². The summed E-state index contributed by atoms with van der Waals surface area (Å²) in [4.78, 5) is 2.51. The Morgan fingerprint density at radius 2 is 2.00 bits per heavy atom. The summed E-state index contributed by atoms with van der Waals surface area (Å²) in [6, 6.07) is 17.2. The van der Waals surface area contributed by atoms with Crippen molar-refractivity contribution in [3.05, 3.63) is 62.7 Å². The molecular formula is C17H18ClIN2. The molecule has 1 atom stereocenters. The maximum atomic E-state index is 6.01. The Labute approximate surface area is 144 Å². The van der Waals surface area contributed by atoms with Gasteiger partial charge < -0.3 is 5.32 Å². The summed E-state index contributed by atoms with van der Waals surface area (Å²) in [7, 11) is 0. The van der Waals surface area contributed by atoms with Crippen LogP contribution < -0.4 is 5.32 Å². The second-order valence-corrected chi connectivity index (χ2v) is 7.07. The molecule has 1 N–H and O–H groups in total. The van der Waals surface area contributed by atoms with E-state index in [4.69, 9.17) is 11.6 Å². The van der Waals surface area contributed by atoms with E-state index in [1.165, 1.54) is 21.2 Å². The standard InChI is InChI=1S/C17H18ClIN2/c18-14-6-7-17(16(19)10-14)20-15-8-9-21(12-15)11-13-4-2-1-3-5-13/h1-7,10,15,20H,8-9,11-12H2. The average Bonchev–Trinajstić information content (AvgIpc) is 2.90. The second kappa shape index (κ2) is 6.99. The van der Waals surface area contributed by atoms with E-state index in [9.17, 15) is 0 Å². The molecule has 0 amide bonds. The smallest absolute Gasteiger partial charge is 0.0479 e. The fourth-order valence-electron chi connectivity index (χ4n) is 2.76. The van der Waals surface area contributed by atoms with Crippen LogP contribution in [0.4, 0.5) is 5.69 Å². The molecule has 0 spiro atoms. The van der Waals surface area contributed by atoms with Crippen LogP contribution >= 0.6 is 34.2 Å². The number of hydrogen-bond acceptors (Lipinski definition) is 2. The lowest BCUT2D eigenvalue weighted by atomic mass is 10.2. The minimum Gasteiger partial charge on any atom is -0.380 e. The van der Waals surface area contributed by atoms with Gasteiger partial charge in [0.1, 0.15) is 0 Å². The van der Waals surface area contributed by atoms with Gasteiger partial charge in [0.05, 0.1) is 0 Å². The molecule has 0 aliphatic carbocycles. The van der Waals surface area contributed by atoms with Crippen LogP contribution in [0.3, 0.4) is 0 Å². The predicted molar refractivity (Wildman–Crippen MR) is 97.9 cm³/mol. The van der Waals surface area contributed by atoms with E-state index in [-0.39, 0.29) is 0 Å². The minimum absolute atomic E-state index is 0.517. The Morgan fingerprint density at radius 1 is 1.19 bits per heavy atom. The van der Waals surface area contributed by atoms with Crippen molar-refractivity contribution in [1.29, 1.82) is 0 Å². The van der Waals surface area contributed by atoms with Gasteiger partial charge in [-0.15, -0.1) is 0 Å². The van der Waals surface area contributed by atoms with Crippen LogP contribution in [-0.4, -0.2) is 24.0 Å². The highest BCUT2D eigenvalue weighted by molar-refractivity contribution is 14.1. The van der Waals surface area contributed by atoms with E-state index in [0.29, 0.717) is 6.04 Å². The van der Waals surface area contributed by atoms with Gasteiger partial charge in [0.15, 0.2) is 0 Å². The van der Waals surface area contributed by atoms with Crippen molar-refractivity contribution in [3.63, 3.8) is 0 Å². The molecule has 3 rings (SSSR count). The Bertz CT molecular complexity index is 603. The fourth-order valence-corrected chi connectivity index (χ4v) is 3.79. The van der Waals surface area contributed by atoms with Crippen molar-refractivity contribution in [1.82, 2.24) is 4.90 Å². The van der Waals surface area contributed by atoms with Gasteiger partial charge in [0, 0.05) is 40.0 Å². The Balaban J connectivity index is 1.57. The van der Waals surface area contributed by atoms with Gasteiger partial charge in [0.25, 0.3) is 0 Å². The van der Waals surface area contributed by atoms with Crippen LogP contribution in [0.5, 0.6) is 0 Å². The normalized spacial score (nSPS) is 18.9. The molecule has 0 radical (unpaired) electrons. The monoisotopic (exact) mass is 412 g/mol. The van der Waals surface area contributed by atoms with E-state index in [1.54, 1.807) is 0 Å². The van der Waals surface area contributed by atoms with Gasteiger partial charge in [-0.2, -0.15) is 0 Å². The van der Waals surface area contributed by atoms with Crippen molar-refractivity contribution in [3.8, 4) is 0 Å². The van der Waals surface area contributed by atoms with E-state index in [1.807, 2.05) is 12.1 Å². The number of rotatable bonds is 4. The van der Waals surface area contributed by atoms with Crippen molar-refractivity contribution in [2.45, 2.75) is 19.0 Å². The topological polar surface area (TPSA) is 15.3 Å². The average molecular weight is 413 g/mol. The van der Waals surface area contributed by atoms with Crippen molar-refractivity contribution in [2.24, 2.45) is 0 Å². The fraction of sp³-hybridized carbons (Fsp3) is 0.294. The van der Waals surface area contributed by atoms with Crippen LogP contribution in [0.25, 0.3) is 0 Å². The minimum atomic E-state index is 0.517. The van der Waals surface area contributed by atoms with Crippen molar-refractivity contribution in [2.75, 3.05) is 18.4 Å². The van der Waals surface area contributed by atoms with Crippen molar-refractivity contribution >= 4 is 39.9 Å². The first-order valence-corrected chi connectivity index (χ1v) is 8.64. The molecule has 110 valence electrons. The van der Waals surface area contributed by atoms with E-state index in [2.05, 4.69) is 69.2 Å². The molecule has 0 saturated carbocycles. The highest BCUT2D eigenvalue weighted by atomic mass is 127. The molecule has 1 aliphatic rings. The third-order valence-corrected chi connectivity index (χ3v) is 4.94. The van der Waals surface area contributed by atoms with Crippen LogP contribution in [0.1, 0.15) is 12.0 Å².